The van der Waals surface area contributed by atoms with Crippen molar-refractivity contribution in [1.82, 2.24) is 0 Å². The first-order chi connectivity index (χ1) is 8.71. The van der Waals surface area contributed by atoms with E-state index in [2.05, 4.69) is 62.1 Å². The molecule has 0 fully saturated rings. The van der Waals surface area contributed by atoms with Gasteiger partial charge in [-0.05, 0) is 44.4 Å². The van der Waals surface area contributed by atoms with Crippen LogP contribution in [-0.4, -0.2) is 19.1 Å². The zero-order chi connectivity index (χ0) is 13.4. The molecule has 0 spiro atoms. The molecule has 19 heavy (non-hydrogen) atoms. The molecule has 0 saturated heterocycles. The van der Waals surface area contributed by atoms with Crippen LogP contribution in [0.2, 0.25) is 0 Å². The molecule has 0 saturated carbocycles. The smallest absolute Gasteiger partial charge is 0.0366 e. The molecule has 3 heteroatoms. The summed E-state index contributed by atoms with van der Waals surface area (Å²) >= 11 is 0. The quantitative estimate of drug-likeness (QED) is 0.816. The number of nitrogens with two attached hydrogens (primary N) is 1. The van der Waals surface area contributed by atoms with E-state index in [0.29, 0.717) is 0 Å². The Hall–Kier alpha value is -0.990. The van der Waals surface area contributed by atoms with Crippen molar-refractivity contribution in [1.29, 1.82) is 0 Å². The highest BCUT2D eigenvalue weighted by atomic mass is 35.5. The Bertz CT molecular complexity index is 356. The molecular formula is C16H27ClN2. The Morgan fingerprint density at radius 2 is 1.68 bits per heavy atom. The van der Waals surface area contributed by atoms with Crippen molar-refractivity contribution in [3.05, 3.63) is 35.9 Å². The number of anilines is 1. The predicted octanol–water partition coefficient (Wildman–Crippen LogP) is 4.10. The second-order valence-corrected chi connectivity index (χ2v) is 4.57. The summed E-state index contributed by atoms with van der Waals surface area (Å²) < 4.78 is 0. The second-order valence-electron chi connectivity index (χ2n) is 4.57. The molecule has 0 aliphatic rings. The molecule has 0 aliphatic carbocycles. The van der Waals surface area contributed by atoms with E-state index in [9.17, 15) is 0 Å². The largest absolute Gasteiger partial charge is 0.372 e. The van der Waals surface area contributed by atoms with Crippen LogP contribution in [0, 0.1) is 0 Å². The van der Waals surface area contributed by atoms with Crippen LogP contribution in [0.1, 0.15) is 39.2 Å². The Labute approximate surface area is 124 Å². The lowest BCUT2D eigenvalue weighted by Crippen LogP contribution is -2.21. The van der Waals surface area contributed by atoms with E-state index in [4.69, 9.17) is 5.73 Å². The van der Waals surface area contributed by atoms with Crippen molar-refractivity contribution in [2.45, 2.75) is 39.7 Å². The van der Waals surface area contributed by atoms with Gasteiger partial charge in [0.15, 0.2) is 0 Å². The summed E-state index contributed by atoms with van der Waals surface area (Å²) in [6.07, 6.45) is 6.31. The van der Waals surface area contributed by atoms with E-state index < -0.39 is 0 Å². The molecule has 0 radical (unpaired) electrons. The Morgan fingerprint density at radius 1 is 1.11 bits per heavy atom. The lowest BCUT2D eigenvalue weighted by Gasteiger charge is -2.20. The average Bonchev–Trinajstić information content (AvgIpc) is 2.41. The second kappa shape index (κ2) is 9.88. The van der Waals surface area contributed by atoms with Crippen molar-refractivity contribution in [3.8, 4) is 0 Å². The third-order valence-corrected chi connectivity index (χ3v) is 3.30. The van der Waals surface area contributed by atoms with Gasteiger partial charge in [0, 0.05) is 24.8 Å². The van der Waals surface area contributed by atoms with Gasteiger partial charge in [-0.3, -0.25) is 0 Å². The number of halogens is 1. The first-order valence-electron chi connectivity index (χ1n) is 6.98. The van der Waals surface area contributed by atoms with E-state index in [1.807, 2.05) is 0 Å². The molecule has 1 aromatic rings. The molecular weight excluding hydrogens is 256 g/mol. The molecule has 1 unspecified atom stereocenters. The van der Waals surface area contributed by atoms with E-state index in [0.717, 1.165) is 25.9 Å². The molecule has 2 N–H and O–H groups in total. The number of hydrogen-bond acceptors (Lipinski definition) is 2. The monoisotopic (exact) mass is 282 g/mol. The van der Waals surface area contributed by atoms with E-state index in [-0.39, 0.29) is 18.4 Å². The Kier molecular flexibility index (Phi) is 9.36. The van der Waals surface area contributed by atoms with Gasteiger partial charge >= 0.3 is 0 Å². The van der Waals surface area contributed by atoms with Gasteiger partial charge in [-0.25, -0.2) is 0 Å². The summed E-state index contributed by atoms with van der Waals surface area (Å²) in [5.41, 5.74) is 8.42. The summed E-state index contributed by atoms with van der Waals surface area (Å²) in [5, 5.41) is 0. The molecule has 0 heterocycles. The normalized spacial score (nSPS) is 12.2. The fourth-order valence-corrected chi connectivity index (χ4v) is 1.93. The lowest BCUT2D eigenvalue weighted by atomic mass is 10.1. The minimum Gasteiger partial charge on any atom is -0.372 e. The van der Waals surface area contributed by atoms with Crippen LogP contribution >= 0.6 is 12.4 Å². The number of hydrogen-bond donors (Lipinski definition) is 1. The summed E-state index contributed by atoms with van der Waals surface area (Å²) in [6.45, 7) is 8.60. The molecule has 0 bridgehead atoms. The first kappa shape index (κ1) is 18.0. The van der Waals surface area contributed by atoms with E-state index in [1.54, 1.807) is 0 Å². The molecule has 0 aliphatic heterocycles. The standard InChI is InChI=1S/C16H26N2.ClH/c1-4-15(17)9-7-8-14-10-12-16(13-11-14)18(5-2)6-3;/h7-8,10-13,15H,4-6,9,17H2,1-3H3;1H/b8-7+;. The summed E-state index contributed by atoms with van der Waals surface area (Å²) in [5.74, 6) is 0. The fourth-order valence-electron chi connectivity index (χ4n) is 1.93. The highest BCUT2D eigenvalue weighted by molar-refractivity contribution is 5.85. The molecule has 0 amide bonds. The average molecular weight is 283 g/mol. The van der Waals surface area contributed by atoms with Crippen LogP contribution in [-0.2, 0) is 0 Å². The van der Waals surface area contributed by atoms with Gasteiger partial charge < -0.3 is 10.6 Å². The minimum atomic E-state index is 0. The first-order valence-corrected chi connectivity index (χ1v) is 6.98. The SMILES string of the molecule is CCC(N)C/C=C/c1ccc(N(CC)CC)cc1.Cl. The zero-order valence-electron chi connectivity index (χ0n) is 12.3. The third-order valence-electron chi connectivity index (χ3n) is 3.30. The van der Waals surface area contributed by atoms with Crippen LogP contribution in [0.3, 0.4) is 0 Å². The van der Waals surface area contributed by atoms with Crippen molar-refractivity contribution in [2.24, 2.45) is 5.73 Å². The number of benzene rings is 1. The molecule has 1 atom stereocenters. The van der Waals surface area contributed by atoms with Gasteiger partial charge in [0.05, 0.1) is 0 Å². The Morgan fingerprint density at radius 3 is 2.16 bits per heavy atom. The maximum atomic E-state index is 5.88. The van der Waals surface area contributed by atoms with Crippen molar-refractivity contribution in [2.75, 3.05) is 18.0 Å². The van der Waals surface area contributed by atoms with Crippen molar-refractivity contribution in [3.63, 3.8) is 0 Å². The highest BCUT2D eigenvalue weighted by Crippen LogP contribution is 2.15. The van der Waals surface area contributed by atoms with Crippen LogP contribution in [0.5, 0.6) is 0 Å². The third kappa shape index (κ3) is 6.13. The van der Waals surface area contributed by atoms with Crippen molar-refractivity contribution < 1.29 is 0 Å². The zero-order valence-corrected chi connectivity index (χ0v) is 13.1. The summed E-state index contributed by atoms with van der Waals surface area (Å²) in [6, 6.07) is 9.00. The lowest BCUT2D eigenvalue weighted by molar-refractivity contribution is 0.660. The number of rotatable bonds is 7. The Balaban J connectivity index is 0.00000324. The van der Waals surface area contributed by atoms with Gasteiger partial charge in [0.1, 0.15) is 0 Å². The van der Waals surface area contributed by atoms with Gasteiger partial charge in [-0.1, -0.05) is 31.2 Å². The van der Waals surface area contributed by atoms with E-state index in [1.165, 1.54) is 11.3 Å². The highest BCUT2D eigenvalue weighted by Gasteiger charge is 2.00. The van der Waals surface area contributed by atoms with Gasteiger partial charge in [0.25, 0.3) is 0 Å². The number of nitrogens with zero attached hydrogens (tertiary/aromatic N) is 1. The minimum absolute atomic E-state index is 0. The summed E-state index contributed by atoms with van der Waals surface area (Å²) in [7, 11) is 0. The molecule has 108 valence electrons. The maximum Gasteiger partial charge on any atom is 0.0366 e. The van der Waals surface area contributed by atoms with Crippen LogP contribution in [0.4, 0.5) is 5.69 Å². The van der Waals surface area contributed by atoms with Gasteiger partial charge in [-0.15, -0.1) is 12.4 Å². The van der Waals surface area contributed by atoms with Crippen molar-refractivity contribution >= 4 is 24.2 Å². The molecule has 0 aromatic heterocycles. The molecule has 2 nitrogen and oxygen atoms in total. The molecule has 1 rings (SSSR count). The van der Waals surface area contributed by atoms with Crippen LogP contribution in [0.25, 0.3) is 6.08 Å². The van der Waals surface area contributed by atoms with Gasteiger partial charge in [0.2, 0.25) is 0 Å². The maximum absolute atomic E-state index is 5.88. The van der Waals surface area contributed by atoms with Gasteiger partial charge in [-0.2, -0.15) is 0 Å². The molecule has 1 aromatic carbocycles. The predicted molar refractivity (Wildman–Crippen MR) is 89.2 cm³/mol. The topological polar surface area (TPSA) is 29.3 Å². The fraction of sp³-hybridized carbons (Fsp3) is 0.500. The van der Waals surface area contributed by atoms with E-state index >= 15 is 0 Å². The van der Waals surface area contributed by atoms with Crippen LogP contribution < -0.4 is 10.6 Å². The van der Waals surface area contributed by atoms with Crippen LogP contribution in [0.15, 0.2) is 30.3 Å². The summed E-state index contributed by atoms with van der Waals surface area (Å²) in [4.78, 5) is 2.35.